The van der Waals surface area contributed by atoms with E-state index in [1.54, 1.807) is 13.8 Å². The number of esters is 3. The standard InChI is InChI=1S/C22H22N2O7/c1-12-17(20(25)28-3)19(18(13(2)24-12)21(26)29-4)22(27)30-11-16-23-10-15(31-16)14-8-6-5-7-9-14/h5-10,19,24H,11H2,1-4H3. The number of ether oxygens (including phenoxy) is 3. The van der Waals surface area contributed by atoms with E-state index in [1.165, 1.54) is 20.4 Å². The number of nitrogens with one attached hydrogen (secondary N) is 1. The minimum Gasteiger partial charge on any atom is -0.466 e. The molecule has 1 aliphatic heterocycles. The molecular formula is C22H22N2O7. The van der Waals surface area contributed by atoms with Crippen molar-refractivity contribution in [2.75, 3.05) is 14.2 Å². The second-order valence-corrected chi connectivity index (χ2v) is 6.71. The van der Waals surface area contributed by atoms with Gasteiger partial charge in [0.25, 0.3) is 0 Å². The van der Waals surface area contributed by atoms with Crippen LogP contribution in [-0.2, 0) is 35.2 Å². The highest BCUT2D eigenvalue weighted by atomic mass is 16.5. The molecule has 9 nitrogen and oxygen atoms in total. The number of allylic oxidation sites excluding steroid dienone is 2. The van der Waals surface area contributed by atoms with Crippen LogP contribution >= 0.6 is 0 Å². The van der Waals surface area contributed by atoms with E-state index in [-0.39, 0.29) is 23.6 Å². The molecule has 162 valence electrons. The Hall–Kier alpha value is -3.88. The Morgan fingerprint density at radius 1 is 1.00 bits per heavy atom. The summed E-state index contributed by atoms with van der Waals surface area (Å²) in [6, 6.07) is 9.32. The van der Waals surface area contributed by atoms with Gasteiger partial charge in [0, 0.05) is 17.0 Å². The molecule has 0 radical (unpaired) electrons. The van der Waals surface area contributed by atoms with Crippen LogP contribution in [0, 0.1) is 5.92 Å². The van der Waals surface area contributed by atoms with E-state index in [9.17, 15) is 14.4 Å². The maximum Gasteiger partial charge on any atom is 0.336 e. The van der Waals surface area contributed by atoms with Crippen molar-refractivity contribution in [2.24, 2.45) is 5.92 Å². The number of benzene rings is 1. The lowest BCUT2D eigenvalue weighted by atomic mass is 9.85. The number of aromatic nitrogens is 1. The number of hydrogen-bond donors (Lipinski definition) is 1. The molecule has 2 aromatic rings. The van der Waals surface area contributed by atoms with E-state index in [0.717, 1.165) is 5.56 Å². The summed E-state index contributed by atoms with van der Waals surface area (Å²) in [6.45, 7) is 2.92. The normalized spacial score (nSPS) is 14.2. The molecular weight excluding hydrogens is 404 g/mol. The Bertz CT molecular complexity index is 1030. The van der Waals surface area contributed by atoms with Crippen LogP contribution in [0.1, 0.15) is 19.7 Å². The average molecular weight is 426 g/mol. The summed E-state index contributed by atoms with van der Waals surface area (Å²) in [5.41, 5.74) is 1.51. The molecule has 0 spiro atoms. The van der Waals surface area contributed by atoms with Gasteiger partial charge in [0.2, 0.25) is 5.89 Å². The molecule has 1 N–H and O–H groups in total. The third-order valence-corrected chi connectivity index (χ3v) is 4.76. The first-order chi connectivity index (χ1) is 14.9. The summed E-state index contributed by atoms with van der Waals surface area (Å²) >= 11 is 0. The van der Waals surface area contributed by atoms with Crippen molar-refractivity contribution in [1.82, 2.24) is 10.3 Å². The fraction of sp³-hybridized carbons (Fsp3) is 0.273. The van der Waals surface area contributed by atoms with Crippen molar-refractivity contribution in [2.45, 2.75) is 20.5 Å². The smallest absolute Gasteiger partial charge is 0.336 e. The predicted molar refractivity (Wildman–Crippen MR) is 108 cm³/mol. The maximum atomic E-state index is 13.0. The zero-order valence-electron chi connectivity index (χ0n) is 17.6. The largest absolute Gasteiger partial charge is 0.466 e. The van der Waals surface area contributed by atoms with Gasteiger partial charge in [-0.2, -0.15) is 0 Å². The van der Waals surface area contributed by atoms with Crippen LogP contribution < -0.4 is 5.32 Å². The lowest BCUT2D eigenvalue weighted by Gasteiger charge is -2.28. The van der Waals surface area contributed by atoms with E-state index in [2.05, 4.69) is 10.3 Å². The number of hydrogen-bond acceptors (Lipinski definition) is 9. The van der Waals surface area contributed by atoms with Crippen molar-refractivity contribution in [1.29, 1.82) is 0 Å². The van der Waals surface area contributed by atoms with Gasteiger partial charge < -0.3 is 23.9 Å². The van der Waals surface area contributed by atoms with Crippen molar-refractivity contribution in [3.05, 3.63) is 65.0 Å². The molecule has 1 aliphatic rings. The number of carbonyl (C=O) groups excluding carboxylic acids is 3. The third-order valence-electron chi connectivity index (χ3n) is 4.76. The van der Waals surface area contributed by atoms with Gasteiger partial charge in [-0.15, -0.1) is 0 Å². The summed E-state index contributed by atoms with van der Waals surface area (Å²) in [5, 5.41) is 2.91. The first-order valence-electron chi connectivity index (χ1n) is 9.39. The second-order valence-electron chi connectivity index (χ2n) is 6.71. The molecule has 0 atom stereocenters. The zero-order chi connectivity index (χ0) is 22.5. The van der Waals surface area contributed by atoms with E-state index in [1.807, 2.05) is 30.3 Å². The average Bonchev–Trinajstić information content (AvgIpc) is 3.25. The molecule has 0 bridgehead atoms. The number of methoxy groups -OCH3 is 2. The number of nitrogens with zero attached hydrogens (tertiary/aromatic N) is 1. The molecule has 2 heterocycles. The van der Waals surface area contributed by atoms with Crippen LogP contribution in [0.3, 0.4) is 0 Å². The maximum absolute atomic E-state index is 13.0. The highest BCUT2D eigenvalue weighted by molar-refractivity contribution is 6.05. The van der Waals surface area contributed by atoms with Crippen molar-refractivity contribution < 1.29 is 33.0 Å². The number of carbonyl (C=O) groups is 3. The fourth-order valence-electron chi connectivity index (χ4n) is 3.32. The number of dihydropyridines is 1. The summed E-state index contributed by atoms with van der Waals surface area (Å²) in [4.78, 5) is 41.8. The molecule has 0 saturated heterocycles. The van der Waals surface area contributed by atoms with Gasteiger partial charge in [-0.25, -0.2) is 14.6 Å². The van der Waals surface area contributed by atoms with Crippen LogP contribution in [0.5, 0.6) is 0 Å². The Labute approximate surface area is 178 Å². The summed E-state index contributed by atoms with van der Waals surface area (Å²) < 4.78 is 20.6. The molecule has 3 rings (SSSR count). The van der Waals surface area contributed by atoms with Crippen molar-refractivity contribution in [3.8, 4) is 11.3 Å². The van der Waals surface area contributed by atoms with Gasteiger partial charge in [-0.3, -0.25) is 4.79 Å². The van der Waals surface area contributed by atoms with Crippen LogP contribution in [0.4, 0.5) is 0 Å². The highest BCUT2D eigenvalue weighted by Crippen LogP contribution is 2.32. The van der Waals surface area contributed by atoms with Crippen molar-refractivity contribution in [3.63, 3.8) is 0 Å². The quantitative estimate of drug-likeness (QED) is 0.549. The van der Waals surface area contributed by atoms with E-state index < -0.39 is 23.8 Å². The van der Waals surface area contributed by atoms with E-state index in [4.69, 9.17) is 18.6 Å². The molecule has 0 unspecified atom stereocenters. The zero-order valence-corrected chi connectivity index (χ0v) is 17.6. The van der Waals surface area contributed by atoms with Gasteiger partial charge in [0.05, 0.1) is 31.6 Å². The summed E-state index contributed by atoms with van der Waals surface area (Å²) in [5.74, 6) is -2.98. The SMILES string of the molecule is COC(=O)C1=C(C)NC(C)=C(C(=O)OC)C1C(=O)OCc1ncc(-c2ccccc2)o1. The number of rotatable bonds is 6. The predicted octanol–water partition coefficient (Wildman–Crippen LogP) is 2.50. The Kier molecular flexibility index (Phi) is 6.54. The Morgan fingerprint density at radius 2 is 1.58 bits per heavy atom. The lowest BCUT2D eigenvalue weighted by molar-refractivity contribution is -0.152. The molecule has 1 aromatic carbocycles. The molecule has 0 fully saturated rings. The van der Waals surface area contributed by atoms with Crippen molar-refractivity contribution >= 4 is 17.9 Å². The van der Waals surface area contributed by atoms with Crippen LogP contribution in [0.25, 0.3) is 11.3 Å². The number of oxazole rings is 1. The molecule has 0 saturated carbocycles. The van der Waals surface area contributed by atoms with Gasteiger partial charge >= 0.3 is 17.9 Å². The molecule has 1 aromatic heterocycles. The van der Waals surface area contributed by atoms with Crippen LogP contribution in [-0.4, -0.2) is 37.1 Å². The molecule has 31 heavy (non-hydrogen) atoms. The lowest BCUT2D eigenvalue weighted by Crippen LogP contribution is -2.37. The summed E-state index contributed by atoms with van der Waals surface area (Å²) in [7, 11) is 2.37. The van der Waals surface area contributed by atoms with Crippen LogP contribution in [0.15, 0.2) is 63.5 Å². The Morgan fingerprint density at radius 3 is 2.13 bits per heavy atom. The third kappa shape index (κ3) is 4.50. The molecule has 0 aliphatic carbocycles. The van der Waals surface area contributed by atoms with Gasteiger partial charge in [-0.1, -0.05) is 30.3 Å². The van der Waals surface area contributed by atoms with E-state index >= 15 is 0 Å². The monoisotopic (exact) mass is 426 g/mol. The van der Waals surface area contributed by atoms with Crippen LogP contribution in [0.2, 0.25) is 0 Å². The summed E-state index contributed by atoms with van der Waals surface area (Å²) in [6.07, 6.45) is 1.52. The molecule has 0 amide bonds. The minimum atomic E-state index is -1.32. The first kappa shape index (κ1) is 21.8. The molecule has 9 heteroatoms. The fourth-order valence-corrected chi connectivity index (χ4v) is 3.32. The second kappa shape index (κ2) is 9.29. The first-order valence-corrected chi connectivity index (χ1v) is 9.39. The van der Waals surface area contributed by atoms with Gasteiger partial charge in [0.1, 0.15) is 5.92 Å². The topological polar surface area (TPSA) is 117 Å². The van der Waals surface area contributed by atoms with Gasteiger partial charge in [0.15, 0.2) is 12.4 Å². The Balaban J connectivity index is 1.84. The highest BCUT2D eigenvalue weighted by Gasteiger charge is 2.42. The van der Waals surface area contributed by atoms with E-state index in [0.29, 0.717) is 17.2 Å². The minimum absolute atomic E-state index is 0.0316. The van der Waals surface area contributed by atoms with Gasteiger partial charge in [-0.05, 0) is 13.8 Å².